The van der Waals surface area contributed by atoms with Crippen LogP contribution in [-0.2, 0) is 10.0 Å². The van der Waals surface area contributed by atoms with E-state index in [1.165, 1.54) is 19.2 Å². The van der Waals surface area contributed by atoms with Gasteiger partial charge in [0.1, 0.15) is 10.6 Å². The smallest absolute Gasteiger partial charge is 0.251 e. The molecule has 27 heavy (non-hydrogen) atoms. The number of hydrogen-bond acceptors (Lipinski definition) is 5. The summed E-state index contributed by atoms with van der Waals surface area (Å²) in [6.07, 6.45) is 3.71. The van der Waals surface area contributed by atoms with Gasteiger partial charge in [0.05, 0.1) is 13.2 Å². The summed E-state index contributed by atoms with van der Waals surface area (Å²) in [4.78, 5) is 13.6. The Balaban J connectivity index is 1.83. The molecule has 0 bridgehead atoms. The Kier molecular flexibility index (Phi) is 6.18. The van der Waals surface area contributed by atoms with Crippen LogP contribution in [0.15, 0.2) is 40.6 Å². The Bertz CT molecular complexity index is 888. The van der Waals surface area contributed by atoms with Crippen LogP contribution >= 0.6 is 11.3 Å². The second kappa shape index (κ2) is 8.41. The Morgan fingerprint density at radius 1 is 1.26 bits per heavy atom. The predicted molar refractivity (Wildman–Crippen MR) is 106 cm³/mol. The second-order valence-corrected chi connectivity index (χ2v) is 9.34. The van der Waals surface area contributed by atoms with Gasteiger partial charge in [-0.1, -0.05) is 18.9 Å². The van der Waals surface area contributed by atoms with Gasteiger partial charge in [-0.05, 0) is 49.4 Å². The lowest BCUT2D eigenvalue weighted by atomic mass is 10.2. The van der Waals surface area contributed by atoms with E-state index in [1.54, 1.807) is 17.4 Å². The number of nitrogens with one attached hydrogen (secondary N) is 2. The number of amides is 1. The van der Waals surface area contributed by atoms with Gasteiger partial charge >= 0.3 is 0 Å². The van der Waals surface area contributed by atoms with Crippen molar-refractivity contribution in [2.24, 2.45) is 0 Å². The largest absolute Gasteiger partial charge is 0.495 e. The highest BCUT2D eigenvalue weighted by Gasteiger charge is 2.27. The molecule has 1 saturated carbocycles. The van der Waals surface area contributed by atoms with Gasteiger partial charge in [0.25, 0.3) is 5.91 Å². The normalized spacial score (nSPS) is 16.2. The van der Waals surface area contributed by atoms with Crippen molar-refractivity contribution < 1.29 is 17.9 Å². The monoisotopic (exact) mass is 408 g/mol. The molecule has 1 atom stereocenters. The molecule has 6 nitrogen and oxygen atoms in total. The molecule has 2 N–H and O–H groups in total. The van der Waals surface area contributed by atoms with Crippen LogP contribution in [-0.4, -0.2) is 27.5 Å². The third kappa shape index (κ3) is 4.69. The maximum absolute atomic E-state index is 12.8. The van der Waals surface area contributed by atoms with Crippen LogP contribution in [0.3, 0.4) is 0 Å². The summed E-state index contributed by atoms with van der Waals surface area (Å²) in [5.41, 5.74) is 0.283. The summed E-state index contributed by atoms with van der Waals surface area (Å²) in [7, 11) is -2.35. The molecule has 3 rings (SSSR count). The Morgan fingerprint density at radius 2 is 2.00 bits per heavy atom. The molecule has 1 heterocycles. The molecule has 146 valence electrons. The molecule has 1 aromatic carbocycles. The maximum atomic E-state index is 12.8. The molecule has 1 aliphatic rings. The molecule has 0 radical (unpaired) electrons. The lowest BCUT2D eigenvalue weighted by molar-refractivity contribution is 0.0940. The van der Waals surface area contributed by atoms with Crippen LogP contribution in [0.5, 0.6) is 5.75 Å². The van der Waals surface area contributed by atoms with Crippen molar-refractivity contribution in [3.63, 3.8) is 0 Å². The maximum Gasteiger partial charge on any atom is 0.251 e. The average Bonchev–Trinajstić information content (AvgIpc) is 3.34. The van der Waals surface area contributed by atoms with Crippen molar-refractivity contribution >= 4 is 27.3 Å². The third-order valence-corrected chi connectivity index (χ3v) is 7.31. The Morgan fingerprint density at radius 3 is 2.63 bits per heavy atom. The molecule has 1 fully saturated rings. The van der Waals surface area contributed by atoms with E-state index in [0.29, 0.717) is 0 Å². The first-order valence-electron chi connectivity index (χ1n) is 8.95. The minimum atomic E-state index is -3.77. The standard InChI is InChI=1S/C19H24N2O4S2/c1-13(17-8-5-11-26-17)20-19(22)14-9-10-16(25-2)18(12-14)27(23,24)21-15-6-3-4-7-15/h5,8-13,15,21H,3-4,6-7H2,1-2H3,(H,20,22)/t13-/m0/s1. The summed E-state index contributed by atoms with van der Waals surface area (Å²) in [5.74, 6) is -0.0979. The van der Waals surface area contributed by atoms with E-state index in [4.69, 9.17) is 4.74 Å². The Labute approximate surface area is 164 Å². The van der Waals surface area contributed by atoms with Crippen LogP contribution in [0.2, 0.25) is 0 Å². The number of rotatable bonds is 7. The van der Waals surface area contributed by atoms with Gasteiger partial charge in [0, 0.05) is 16.5 Å². The zero-order chi connectivity index (χ0) is 19.4. The summed E-state index contributed by atoms with van der Waals surface area (Å²) in [6, 6.07) is 8.14. The molecule has 0 unspecified atom stereocenters. The second-order valence-electron chi connectivity index (χ2n) is 6.68. The lowest BCUT2D eigenvalue weighted by Gasteiger charge is -2.16. The van der Waals surface area contributed by atoms with Gasteiger partial charge in [-0.25, -0.2) is 13.1 Å². The van der Waals surface area contributed by atoms with Crippen molar-refractivity contribution in [1.82, 2.24) is 10.0 Å². The summed E-state index contributed by atoms with van der Waals surface area (Å²) < 4.78 is 33.6. The number of ether oxygens (including phenoxy) is 1. The van der Waals surface area contributed by atoms with E-state index in [-0.39, 0.29) is 34.2 Å². The molecular formula is C19H24N2O4S2. The van der Waals surface area contributed by atoms with Crippen LogP contribution in [0.1, 0.15) is 53.9 Å². The summed E-state index contributed by atoms with van der Waals surface area (Å²) in [5, 5.41) is 4.85. The highest BCUT2D eigenvalue weighted by molar-refractivity contribution is 7.89. The van der Waals surface area contributed by atoms with E-state index < -0.39 is 10.0 Å². The molecule has 1 aliphatic carbocycles. The number of carbonyl (C=O) groups excluding carboxylic acids is 1. The van der Waals surface area contributed by atoms with E-state index in [9.17, 15) is 13.2 Å². The van der Waals surface area contributed by atoms with Crippen LogP contribution < -0.4 is 14.8 Å². The van der Waals surface area contributed by atoms with E-state index in [0.717, 1.165) is 30.6 Å². The highest BCUT2D eigenvalue weighted by atomic mass is 32.2. The van der Waals surface area contributed by atoms with Gasteiger partial charge in [0.2, 0.25) is 10.0 Å². The van der Waals surface area contributed by atoms with Crippen molar-refractivity contribution in [2.45, 2.75) is 49.6 Å². The van der Waals surface area contributed by atoms with Gasteiger partial charge in [-0.3, -0.25) is 4.79 Å². The van der Waals surface area contributed by atoms with Crippen molar-refractivity contribution in [3.05, 3.63) is 46.2 Å². The molecule has 1 aromatic heterocycles. The number of hydrogen-bond donors (Lipinski definition) is 2. The van der Waals surface area contributed by atoms with Gasteiger partial charge < -0.3 is 10.1 Å². The molecule has 0 saturated heterocycles. The van der Waals surface area contributed by atoms with Crippen LogP contribution in [0.25, 0.3) is 0 Å². The number of methoxy groups -OCH3 is 1. The van der Waals surface area contributed by atoms with E-state index in [1.807, 2.05) is 24.4 Å². The average molecular weight is 409 g/mol. The number of thiophene rings is 1. The summed E-state index contributed by atoms with van der Waals surface area (Å²) >= 11 is 1.56. The highest BCUT2D eigenvalue weighted by Crippen LogP contribution is 2.28. The zero-order valence-corrected chi connectivity index (χ0v) is 17.0. The SMILES string of the molecule is COc1ccc(C(=O)N[C@@H](C)c2cccs2)cc1S(=O)(=O)NC1CCCC1. The lowest BCUT2D eigenvalue weighted by Crippen LogP contribution is -2.33. The van der Waals surface area contributed by atoms with Crippen LogP contribution in [0.4, 0.5) is 0 Å². The predicted octanol–water partition coefficient (Wildman–Crippen LogP) is 3.47. The minimum Gasteiger partial charge on any atom is -0.495 e. The quantitative estimate of drug-likeness (QED) is 0.735. The fourth-order valence-electron chi connectivity index (χ4n) is 3.24. The number of carbonyl (C=O) groups is 1. The van der Waals surface area contributed by atoms with Gasteiger partial charge in [-0.15, -0.1) is 11.3 Å². The topological polar surface area (TPSA) is 84.5 Å². The number of sulfonamides is 1. The fraction of sp³-hybridized carbons (Fsp3) is 0.421. The first-order valence-corrected chi connectivity index (χ1v) is 11.3. The first-order chi connectivity index (χ1) is 12.9. The van der Waals surface area contributed by atoms with E-state index >= 15 is 0 Å². The summed E-state index contributed by atoms with van der Waals surface area (Å²) in [6.45, 7) is 1.90. The van der Waals surface area contributed by atoms with Gasteiger partial charge in [-0.2, -0.15) is 0 Å². The van der Waals surface area contributed by atoms with Crippen molar-refractivity contribution in [3.8, 4) is 5.75 Å². The molecule has 8 heteroatoms. The molecule has 0 aliphatic heterocycles. The van der Waals surface area contributed by atoms with Crippen LogP contribution in [0, 0.1) is 0 Å². The molecule has 1 amide bonds. The molecular weight excluding hydrogens is 384 g/mol. The third-order valence-electron chi connectivity index (χ3n) is 4.71. The molecule has 0 spiro atoms. The first kappa shape index (κ1) is 19.9. The van der Waals surface area contributed by atoms with Crippen molar-refractivity contribution in [2.75, 3.05) is 7.11 Å². The van der Waals surface area contributed by atoms with E-state index in [2.05, 4.69) is 10.0 Å². The Hall–Kier alpha value is -1.90. The molecule has 2 aromatic rings. The van der Waals surface area contributed by atoms with Crippen molar-refractivity contribution in [1.29, 1.82) is 0 Å². The zero-order valence-electron chi connectivity index (χ0n) is 15.4. The number of benzene rings is 1. The minimum absolute atomic E-state index is 0.00618. The van der Waals surface area contributed by atoms with Gasteiger partial charge in [0.15, 0.2) is 0 Å². The fourth-order valence-corrected chi connectivity index (χ4v) is 5.48.